The summed E-state index contributed by atoms with van der Waals surface area (Å²) in [5.41, 5.74) is 0. The van der Waals surface area contributed by atoms with Gasteiger partial charge >= 0.3 is 5.97 Å². The summed E-state index contributed by atoms with van der Waals surface area (Å²) < 4.78 is 4.89. The Morgan fingerprint density at radius 3 is 2.38 bits per heavy atom. The number of hydrogen-bond donors (Lipinski definition) is 1. The summed E-state index contributed by atoms with van der Waals surface area (Å²) in [4.78, 5) is 32.8. The molecule has 1 N–H and O–H groups in total. The zero-order valence-electron chi connectivity index (χ0n) is 9.69. The molecule has 0 unspecified atom stereocenters. The van der Waals surface area contributed by atoms with Crippen LogP contribution >= 0.6 is 0 Å². The molecular formula is C11H18O5. The quantitative estimate of drug-likeness (QED) is 0.640. The maximum Gasteiger partial charge on any atom is 0.306 e. The fourth-order valence-corrected chi connectivity index (χ4v) is 1.24. The molecule has 0 aliphatic heterocycles. The first-order valence-electron chi connectivity index (χ1n) is 5.29. The molecule has 16 heavy (non-hydrogen) atoms. The van der Waals surface area contributed by atoms with Gasteiger partial charge in [-0.15, -0.1) is 0 Å². The summed E-state index contributed by atoms with van der Waals surface area (Å²) >= 11 is 0. The Labute approximate surface area is 94.8 Å². The van der Waals surface area contributed by atoms with Crippen LogP contribution in [-0.4, -0.2) is 35.9 Å². The van der Waals surface area contributed by atoms with Crippen molar-refractivity contribution in [3.05, 3.63) is 0 Å². The number of rotatable bonds is 9. The third kappa shape index (κ3) is 7.11. The lowest BCUT2D eigenvalue weighted by Gasteiger charge is -2.10. The second-order valence-corrected chi connectivity index (χ2v) is 3.66. The van der Waals surface area contributed by atoms with Gasteiger partial charge < -0.3 is 14.6 Å². The Morgan fingerprint density at radius 1 is 1.31 bits per heavy atom. The van der Waals surface area contributed by atoms with Crippen LogP contribution in [0.2, 0.25) is 0 Å². The van der Waals surface area contributed by atoms with E-state index in [1.807, 2.05) is 0 Å². The highest BCUT2D eigenvalue weighted by Crippen LogP contribution is 2.12. The molecule has 0 heterocycles. The molecule has 0 aromatic heterocycles. The van der Waals surface area contributed by atoms with Crippen molar-refractivity contribution in [3.8, 4) is 0 Å². The number of ketones is 2. The molecule has 0 amide bonds. The maximum atomic E-state index is 11.3. The topological polar surface area (TPSA) is 80.7 Å². The smallest absolute Gasteiger partial charge is 0.306 e. The zero-order valence-corrected chi connectivity index (χ0v) is 9.69. The molecule has 92 valence electrons. The third-order valence-corrected chi connectivity index (χ3v) is 2.14. The van der Waals surface area contributed by atoms with Gasteiger partial charge in [0.05, 0.1) is 5.92 Å². The van der Waals surface area contributed by atoms with E-state index in [2.05, 4.69) is 0 Å². The van der Waals surface area contributed by atoms with E-state index in [9.17, 15) is 14.4 Å². The second kappa shape index (κ2) is 7.98. The third-order valence-electron chi connectivity index (χ3n) is 2.14. The Bertz CT molecular complexity index is 259. The molecule has 0 aromatic rings. The van der Waals surface area contributed by atoms with E-state index in [0.717, 1.165) is 0 Å². The Morgan fingerprint density at radius 2 is 1.94 bits per heavy atom. The first-order chi connectivity index (χ1) is 7.47. The minimum absolute atomic E-state index is 0.0552. The van der Waals surface area contributed by atoms with E-state index in [1.54, 1.807) is 6.92 Å². The predicted octanol–water partition coefficient (Wildman–Crippen LogP) is 1.05. The van der Waals surface area contributed by atoms with Gasteiger partial charge in [0, 0.05) is 19.4 Å². The van der Waals surface area contributed by atoms with Crippen molar-refractivity contribution in [3.63, 3.8) is 0 Å². The van der Waals surface area contributed by atoms with Crippen LogP contribution in [-0.2, 0) is 19.1 Å². The minimum atomic E-state index is -1.04. The molecule has 5 nitrogen and oxygen atoms in total. The van der Waals surface area contributed by atoms with Crippen molar-refractivity contribution in [2.24, 2.45) is 5.92 Å². The van der Waals surface area contributed by atoms with Crippen molar-refractivity contribution in [1.29, 1.82) is 0 Å². The van der Waals surface area contributed by atoms with Gasteiger partial charge in [-0.05, 0) is 20.3 Å². The van der Waals surface area contributed by atoms with Crippen LogP contribution in [0, 0.1) is 5.92 Å². The highest BCUT2D eigenvalue weighted by molar-refractivity contribution is 5.85. The number of carbonyl (C=O) groups excluding carboxylic acids is 2. The molecule has 5 heteroatoms. The van der Waals surface area contributed by atoms with Crippen molar-refractivity contribution >= 4 is 17.5 Å². The molecule has 0 bridgehead atoms. The van der Waals surface area contributed by atoms with Gasteiger partial charge in [-0.1, -0.05) is 0 Å². The summed E-state index contributed by atoms with van der Waals surface area (Å²) in [6, 6.07) is 0. The van der Waals surface area contributed by atoms with Crippen LogP contribution in [0.15, 0.2) is 0 Å². The Hall–Kier alpha value is -1.23. The number of hydrogen-bond acceptors (Lipinski definition) is 4. The molecular weight excluding hydrogens is 212 g/mol. The lowest BCUT2D eigenvalue weighted by Crippen LogP contribution is -2.21. The zero-order chi connectivity index (χ0) is 12.6. The predicted molar refractivity (Wildman–Crippen MR) is 57.2 cm³/mol. The van der Waals surface area contributed by atoms with E-state index < -0.39 is 11.9 Å². The van der Waals surface area contributed by atoms with Gasteiger partial charge in [-0.25, -0.2) is 0 Å². The van der Waals surface area contributed by atoms with Crippen LogP contribution in [0.4, 0.5) is 0 Å². The number of carbonyl (C=O) groups is 3. The summed E-state index contributed by atoms with van der Waals surface area (Å²) in [6.07, 6.45) is 0.337. The van der Waals surface area contributed by atoms with Crippen molar-refractivity contribution in [1.82, 2.24) is 0 Å². The molecule has 0 aliphatic rings. The Kier molecular flexibility index (Phi) is 7.37. The normalized spacial score (nSPS) is 12.1. The van der Waals surface area contributed by atoms with Crippen molar-refractivity contribution in [2.75, 3.05) is 13.2 Å². The van der Waals surface area contributed by atoms with Crippen LogP contribution in [0.25, 0.3) is 0 Å². The largest absolute Gasteiger partial charge is 0.481 e. The van der Waals surface area contributed by atoms with Crippen molar-refractivity contribution in [2.45, 2.75) is 33.1 Å². The lowest BCUT2D eigenvalue weighted by atomic mass is 9.96. The fourth-order valence-electron chi connectivity index (χ4n) is 1.24. The van der Waals surface area contributed by atoms with E-state index in [0.29, 0.717) is 6.61 Å². The molecule has 0 aliphatic carbocycles. The molecule has 0 rings (SSSR count). The van der Waals surface area contributed by atoms with E-state index in [1.165, 1.54) is 6.92 Å². The maximum absolute atomic E-state index is 11.3. The summed E-state index contributed by atoms with van der Waals surface area (Å²) in [6.45, 7) is 3.54. The van der Waals surface area contributed by atoms with Gasteiger partial charge in [-0.3, -0.25) is 9.59 Å². The molecule has 0 fully saturated rings. The van der Waals surface area contributed by atoms with Gasteiger partial charge in [0.2, 0.25) is 0 Å². The highest BCUT2D eigenvalue weighted by atomic mass is 16.5. The first-order valence-corrected chi connectivity index (χ1v) is 5.29. The van der Waals surface area contributed by atoms with E-state index in [4.69, 9.17) is 9.84 Å². The first kappa shape index (κ1) is 14.8. The minimum Gasteiger partial charge on any atom is -0.481 e. The van der Waals surface area contributed by atoms with Gasteiger partial charge in [0.15, 0.2) is 5.78 Å². The second-order valence-electron chi connectivity index (χ2n) is 3.66. The summed E-state index contributed by atoms with van der Waals surface area (Å²) in [5, 5.41) is 8.86. The molecule has 0 radical (unpaired) electrons. The van der Waals surface area contributed by atoms with E-state index >= 15 is 0 Å². The summed E-state index contributed by atoms with van der Waals surface area (Å²) in [5.74, 6) is -2.12. The lowest BCUT2D eigenvalue weighted by molar-refractivity contribution is -0.144. The van der Waals surface area contributed by atoms with Crippen LogP contribution < -0.4 is 0 Å². The molecule has 0 saturated heterocycles. The average molecular weight is 230 g/mol. The van der Waals surface area contributed by atoms with Crippen LogP contribution in [0.1, 0.15) is 33.1 Å². The van der Waals surface area contributed by atoms with Crippen LogP contribution in [0.3, 0.4) is 0 Å². The number of Topliss-reactive ketones (excluding diaryl/α,β-unsaturated/α-hetero) is 2. The number of aliphatic carboxylic acids is 1. The van der Waals surface area contributed by atoms with E-state index in [-0.39, 0.29) is 37.4 Å². The molecule has 0 aromatic carbocycles. The molecule has 1 atom stereocenters. The van der Waals surface area contributed by atoms with Gasteiger partial charge in [-0.2, -0.15) is 0 Å². The SMILES string of the molecule is CCOCC(=O)C[C@@H](CCC(C)=O)C(=O)O. The number of ether oxygens (including phenoxy) is 1. The highest BCUT2D eigenvalue weighted by Gasteiger charge is 2.21. The number of carboxylic acids is 1. The Balaban J connectivity index is 4.07. The van der Waals surface area contributed by atoms with Gasteiger partial charge in [0.1, 0.15) is 12.4 Å². The van der Waals surface area contributed by atoms with Crippen LogP contribution in [0.5, 0.6) is 0 Å². The molecule has 0 saturated carbocycles. The number of carboxylic acid groups (broad SMARTS) is 1. The monoisotopic (exact) mass is 230 g/mol. The van der Waals surface area contributed by atoms with Crippen molar-refractivity contribution < 1.29 is 24.2 Å². The average Bonchev–Trinajstić information content (AvgIpc) is 2.20. The molecule has 0 spiro atoms. The standard InChI is InChI=1S/C11H18O5/c1-3-16-7-10(13)6-9(11(14)15)5-4-8(2)12/h9H,3-7H2,1-2H3,(H,14,15)/t9-/m1/s1. The fraction of sp³-hybridized carbons (Fsp3) is 0.727. The van der Waals surface area contributed by atoms with Gasteiger partial charge in [0.25, 0.3) is 0 Å². The summed E-state index contributed by atoms with van der Waals surface area (Å²) in [7, 11) is 0.